The first-order chi connectivity index (χ1) is 9.88. The number of hydrogen-bond acceptors (Lipinski definition) is 1. The van der Waals surface area contributed by atoms with Crippen LogP contribution >= 0.6 is 0 Å². The molecule has 0 bridgehead atoms. The summed E-state index contributed by atoms with van der Waals surface area (Å²) < 4.78 is 0. The van der Waals surface area contributed by atoms with Crippen LogP contribution in [0.5, 0.6) is 0 Å². The molecule has 0 unspecified atom stereocenters. The van der Waals surface area contributed by atoms with Crippen LogP contribution in [0.1, 0.15) is 43.7 Å². The average Bonchev–Trinajstić information content (AvgIpc) is 2.43. The predicted octanol–water partition coefficient (Wildman–Crippen LogP) is 5.12. The lowest BCUT2D eigenvalue weighted by Gasteiger charge is -2.07. The van der Waals surface area contributed by atoms with Crippen molar-refractivity contribution < 1.29 is 4.79 Å². The Morgan fingerprint density at radius 1 is 0.857 bits per heavy atom. The van der Waals surface area contributed by atoms with Crippen molar-refractivity contribution >= 4 is 11.9 Å². The van der Waals surface area contributed by atoms with Gasteiger partial charge < -0.3 is 0 Å². The number of hydrogen-bond donors (Lipinski definition) is 0. The SMILES string of the molecule is Cc1ccc(/C=C/C(=O)c2cc(C)c(C)c(C)c2)c(C)c1. The summed E-state index contributed by atoms with van der Waals surface area (Å²) in [7, 11) is 0. The topological polar surface area (TPSA) is 17.1 Å². The van der Waals surface area contributed by atoms with Gasteiger partial charge in [-0.2, -0.15) is 0 Å². The van der Waals surface area contributed by atoms with Crippen LogP contribution in [0, 0.1) is 34.6 Å². The van der Waals surface area contributed by atoms with Gasteiger partial charge in [-0.1, -0.05) is 29.8 Å². The molecule has 0 aromatic heterocycles. The summed E-state index contributed by atoms with van der Waals surface area (Å²) in [6, 6.07) is 10.2. The zero-order valence-corrected chi connectivity index (χ0v) is 13.4. The quantitative estimate of drug-likeness (QED) is 0.562. The average molecular weight is 278 g/mol. The lowest BCUT2D eigenvalue weighted by molar-refractivity contribution is 0.104. The van der Waals surface area contributed by atoms with E-state index in [0.717, 1.165) is 11.1 Å². The Bertz CT molecular complexity index is 698. The van der Waals surface area contributed by atoms with Gasteiger partial charge in [-0.25, -0.2) is 0 Å². The molecule has 0 saturated carbocycles. The summed E-state index contributed by atoms with van der Waals surface area (Å²) in [6.45, 7) is 10.3. The molecule has 0 saturated heterocycles. The van der Waals surface area contributed by atoms with Crippen molar-refractivity contribution in [3.8, 4) is 0 Å². The molecular weight excluding hydrogens is 256 g/mol. The van der Waals surface area contributed by atoms with Crippen LogP contribution in [-0.2, 0) is 0 Å². The third kappa shape index (κ3) is 3.49. The molecule has 2 rings (SSSR count). The van der Waals surface area contributed by atoms with Crippen molar-refractivity contribution in [3.05, 3.63) is 75.4 Å². The summed E-state index contributed by atoms with van der Waals surface area (Å²) in [5, 5.41) is 0. The molecule has 0 amide bonds. The Labute approximate surface area is 127 Å². The van der Waals surface area contributed by atoms with Crippen molar-refractivity contribution in [1.82, 2.24) is 0 Å². The van der Waals surface area contributed by atoms with Crippen molar-refractivity contribution in [1.29, 1.82) is 0 Å². The van der Waals surface area contributed by atoms with E-state index in [1.807, 2.05) is 32.1 Å². The van der Waals surface area contributed by atoms with E-state index < -0.39 is 0 Å². The molecule has 0 spiro atoms. The Balaban J connectivity index is 2.27. The normalized spacial score (nSPS) is 11.1. The second-order valence-corrected chi connectivity index (χ2v) is 5.79. The fraction of sp³-hybridized carbons (Fsp3) is 0.250. The third-order valence-electron chi connectivity index (χ3n) is 4.05. The zero-order valence-electron chi connectivity index (χ0n) is 13.4. The van der Waals surface area contributed by atoms with Crippen LogP contribution < -0.4 is 0 Å². The number of carbonyl (C=O) groups excluding carboxylic acids is 1. The smallest absolute Gasteiger partial charge is 0.185 e. The van der Waals surface area contributed by atoms with Gasteiger partial charge in [0.1, 0.15) is 0 Å². The minimum atomic E-state index is 0.0566. The predicted molar refractivity (Wildman–Crippen MR) is 89.9 cm³/mol. The molecule has 0 atom stereocenters. The molecule has 2 aromatic rings. The number of ketones is 1. The number of aryl methyl sites for hydroxylation is 4. The Morgan fingerprint density at radius 2 is 1.48 bits per heavy atom. The lowest BCUT2D eigenvalue weighted by Crippen LogP contribution is -1.98. The van der Waals surface area contributed by atoms with E-state index in [9.17, 15) is 4.79 Å². The van der Waals surface area contributed by atoms with Crippen molar-refractivity contribution in [2.45, 2.75) is 34.6 Å². The fourth-order valence-electron chi connectivity index (χ4n) is 2.45. The van der Waals surface area contributed by atoms with Gasteiger partial charge in [-0.05, 0) is 80.6 Å². The minimum Gasteiger partial charge on any atom is -0.289 e. The minimum absolute atomic E-state index is 0.0566. The van der Waals surface area contributed by atoms with Gasteiger partial charge in [0, 0.05) is 5.56 Å². The standard InChI is InChI=1S/C20H22O/c1-13-6-7-18(16(4)10-13)8-9-20(21)19-11-14(2)17(5)15(3)12-19/h6-12H,1-5H3/b9-8+. The summed E-state index contributed by atoms with van der Waals surface area (Å²) >= 11 is 0. The summed E-state index contributed by atoms with van der Waals surface area (Å²) in [6.07, 6.45) is 3.57. The summed E-state index contributed by atoms with van der Waals surface area (Å²) in [4.78, 5) is 12.3. The molecule has 1 nitrogen and oxygen atoms in total. The first-order valence-corrected chi connectivity index (χ1v) is 7.26. The summed E-state index contributed by atoms with van der Waals surface area (Å²) in [5.74, 6) is 0.0566. The van der Waals surface area contributed by atoms with Gasteiger partial charge in [0.2, 0.25) is 0 Å². The zero-order chi connectivity index (χ0) is 15.6. The van der Waals surface area contributed by atoms with E-state index in [1.165, 1.54) is 27.8 Å². The molecule has 0 aliphatic carbocycles. The maximum Gasteiger partial charge on any atom is 0.185 e. The van der Waals surface area contributed by atoms with Gasteiger partial charge in [0.15, 0.2) is 5.78 Å². The first-order valence-electron chi connectivity index (χ1n) is 7.26. The molecule has 0 aliphatic heterocycles. The molecule has 108 valence electrons. The van der Waals surface area contributed by atoms with Gasteiger partial charge in [0.05, 0.1) is 0 Å². The van der Waals surface area contributed by atoms with E-state index in [2.05, 4.69) is 39.0 Å². The van der Waals surface area contributed by atoms with E-state index in [0.29, 0.717) is 0 Å². The van der Waals surface area contributed by atoms with Crippen LogP contribution in [0.4, 0.5) is 0 Å². The number of allylic oxidation sites excluding steroid dienone is 1. The third-order valence-corrected chi connectivity index (χ3v) is 4.05. The van der Waals surface area contributed by atoms with Crippen molar-refractivity contribution in [3.63, 3.8) is 0 Å². The second kappa shape index (κ2) is 6.09. The summed E-state index contributed by atoms with van der Waals surface area (Å²) in [5.41, 5.74) is 7.86. The molecule has 0 N–H and O–H groups in total. The van der Waals surface area contributed by atoms with E-state index in [4.69, 9.17) is 0 Å². The second-order valence-electron chi connectivity index (χ2n) is 5.79. The van der Waals surface area contributed by atoms with Crippen LogP contribution in [-0.4, -0.2) is 5.78 Å². The van der Waals surface area contributed by atoms with Crippen LogP contribution in [0.3, 0.4) is 0 Å². The van der Waals surface area contributed by atoms with Crippen LogP contribution in [0.25, 0.3) is 6.08 Å². The lowest BCUT2D eigenvalue weighted by atomic mass is 9.98. The van der Waals surface area contributed by atoms with Gasteiger partial charge in [-0.15, -0.1) is 0 Å². The van der Waals surface area contributed by atoms with Crippen LogP contribution in [0.2, 0.25) is 0 Å². The van der Waals surface area contributed by atoms with Gasteiger partial charge in [0.25, 0.3) is 0 Å². The molecule has 0 aliphatic rings. The van der Waals surface area contributed by atoms with E-state index >= 15 is 0 Å². The number of carbonyl (C=O) groups is 1. The Kier molecular flexibility index (Phi) is 4.42. The maximum absolute atomic E-state index is 12.3. The van der Waals surface area contributed by atoms with Gasteiger partial charge >= 0.3 is 0 Å². The highest BCUT2D eigenvalue weighted by Crippen LogP contribution is 2.17. The molecule has 0 radical (unpaired) electrons. The van der Waals surface area contributed by atoms with E-state index in [-0.39, 0.29) is 5.78 Å². The first kappa shape index (κ1) is 15.2. The highest BCUT2D eigenvalue weighted by Gasteiger charge is 2.06. The fourth-order valence-corrected chi connectivity index (χ4v) is 2.45. The number of benzene rings is 2. The molecule has 2 aromatic carbocycles. The van der Waals surface area contributed by atoms with Crippen molar-refractivity contribution in [2.24, 2.45) is 0 Å². The number of rotatable bonds is 3. The van der Waals surface area contributed by atoms with Gasteiger partial charge in [-0.3, -0.25) is 4.79 Å². The van der Waals surface area contributed by atoms with Crippen molar-refractivity contribution in [2.75, 3.05) is 0 Å². The molecule has 21 heavy (non-hydrogen) atoms. The van der Waals surface area contributed by atoms with E-state index in [1.54, 1.807) is 6.08 Å². The molecule has 0 heterocycles. The van der Waals surface area contributed by atoms with Crippen LogP contribution in [0.15, 0.2) is 36.4 Å². The highest BCUT2D eigenvalue weighted by molar-refractivity contribution is 6.07. The Hall–Kier alpha value is -2.15. The molecule has 1 heteroatoms. The largest absolute Gasteiger partial charge is 0.289 e. The highest BCUT2D eigenvalue weighted by atomic mass is 16.1. The maximum atomic E-state index is 12.3. The molecular formula is C20H22O. The Morgan fingerprint density at radius 3 is 2.05 bits per heavy atom. The molecule has 0 fully saturated rings. The monoisotopic (exact) mass is 278 g/mol.